The van der Waals surface area contributed by atoms with Gasteiger partial charge in [-0.1, -0.05) is 48.0 Å². The Morgan fingerprint density at radius 3 is 2.20 bits per heavy atom. The Hall–Kier alpha value is -4.65. The lowest BCUT2D eigenvalue weighted by molar-refractivity contribution is -0.122. The second kappa shape index (κ2) is 11.9. The molecule has 7 heteroatoms. The number of barbiturate groups is 1. The zero-order chi connectivity index (χ0) is 32.0. The number of urea groups is 1. The van der Waals surface area contributed by atoms with Crippen molar-refractivity contribution in [2.24, 2.45) is 17.8 Å². The highest BCUT2D eigenvalue weighted by molar-refractivity contribution is 6.39. The van der Waals surface area contributed by atoms with Gasteiger partial charge in [0.1, 0.15) is 12.2 Å². The summed E-state index contributed by atoms with van der Waals surface area (Å²) in [5.74, 6) is 2.09. The number of aryl methyl sites for hydroxylation is 1. The highest BCUT2D eigenvalue weighted by atomic mass is 16.5. The van der Waals surface area contributed by atoms with E-state index in [4.69, 9.17) is 9.47 Å². The summed E-state index contributed by atoms with van der Waals surface area (Å²) < 4.78 is 11.9. The number of nitrogens with zero attached hydrogens (tertiary/aromatic N) is 1. The monoisotopic (exact) mass is 616 g/mol. The molecule has 4 bridgehead atoms. The van der Waals surface area contributed by atoms with Gasteiger partial charge in [-0.2, -0.15) is 0 Å². The Balaban J connectivity index is 1.15. The molecule has 1 heterocycles. The number of methoxy groups -OCH3 is 1. The fourth-order valence-electron chi connectivity index (χ4n) is 8.72. The van der Waals surface area contributed by atoms with Crippen LogP contribution in [0.3, 0.4) is 0 Å². The molecule has 5 aliphatic rings. The first kappa shape index (κ1) is 30.0. The van der Waals surface area contributed by atoms with Gasteiger partial charge in [0.05, 0.1) is 12.8 Å². The summed E-state index contributed by atoms with van der Waals surface area (Å²) in [4.78, 5) is 40.8. The van der Waals surface area contributed by atoms with E-state index in [0.717, 1.165) is 33.8 Å². The smallest absolute Gasteiger partial charge is 0.335 e. The number of rotatable bonds is 9. The highest BCUT2D eigenvalue weighted by Crippen LogP contribution is 2.60. The SMILES string of the molecule is C=CCc1cc(/C=C2\C(=O)NC(=O)N(c3ccc(C45CC6CC(CC(C6)C4)C5)cc3)C2=O)cc(OC)c1OCc1ccc(C)cc1. The molecule has 4 saturated carbocycles. The summed E-state index contributed by atoms with van der Waals surface area (Å²) in [5.41, 5.74) is 5.38. The van der Waals surface area contributed by atoms with Gasteiger partial charge in [0.25, 0.3) is 11.8 Å². The van der Waals surface area contributed by atoms with Gasteiger partial charge >= 0.3 is 6.03 Å². The summed E-state index contributed by atoms with van der Waals surface area (Å²) in [5, 5.41) is 2.36. The van der Waals surface area contributed by atoms with Crippen molar-refractivity contribution in [3.8, 4) is 11.5 Å². The molecular weight excluding hydrogens is 576 g/mol. The summed E-state index contributed by atoms with van der Waals surface area (Å²) >= 11 is 0. The molecule has 1 saturated heterocycles. The van der Waals surface area contributed by atoms with Crippen molar-refractivity contribution in [2.75, 3.05) is 12.0 Å². The first-order valence-corrected chi connectivity index (χ1v) is 16.3. The summed E-state index contributed by atoms with van der Waals surface area (Å²) in [6, 6.07) is 18.8. The first-order valence-electron chi connectivity index (χ1n) is 16.3. The van der Waals surface area contributed by atoms with Crippen LogP contribution in [0.15, 0.2) is 78.9 Å². The van der Waals surface area contributed by atoms with Gasteiger partial charge in [-0.25, -0.2) is 9.69 Å². The standard InChI is InChI=1S/C39H40N2O5/c1-4-5-30-17-26(19-34(45-3)35(30)46-23-25-8-6-24(2)7-9-25)18-33-36(42)40-38(44)41(37(33)43)32-12-10-31(11-13-32)39-20-27-14-28(21-39)16-29(15-27)22-39/h4,6-13,17-19,27-29H,1,5,14-16,20-23H2,2-3H3,(H,40,42,44)/b33-18+. The van der Waals surface area contributed by atoms with E-state index in [2.05, 4.69) is 24.0 Å². The van der Waals surface area contributed by atoms with Crippen LogP contribution >= 0.6 is 0 Å². The van der Waals surface area contributed by atoms with Crippen molar-refractivity contribution in [2.45, 2.75) is 63.9 Å². The number of carbonyl (C=O) groups excluding carboxylic acids is 3. The minimum Gasteiger partial charge on any atom is -0.493 e. The van der Waals surface area contributed by atoms with E-state index in [1.54, 1.807) is 19.3 Å². The molecule has 0 spiro atoms. The quantitative estimate of drug-likeness (QED) is 0.153. The Morgan fingerprint density at radius 1 is 0.935 bits per heavy atom. The highest BCUT2D eigenvalue weighted by Gasteiger charge is 2.51. The number of hydrogen-bond acceptors (Lipinski definition) is 5. The third-order valence-electron chi connectivity index (χ3n) is 10.4. The maximum Gasteiger partial charge on any atom is 0.335 e. The molecule has 0 unspecified atom stereocenters. The predicted molar refractivity (Wildman–Crippen MR) is 178 cm³/mol. The molecule has 1 N–H and O–H groups in total. The first-order chi connectivity index (χ1) is 22.2. The molecular formula is C39H40N2O5. The molecule has 236 valence electrons. The van der Waals surface area contributed by atoms with Crippen LogP contribution in [-0.4, -0.2) is 25.0 Å². The van der Waals surface area contributed by atoms with Gasteiger partial charge < -0.3 is 9.47 Å². The number of nitrogens with one attached hydrogen (secondary N) is 1. The summed E-state index contributed by atoms with van der Waals surface area (Å²) in [6.07, 6.45) is 11.5. The van der Waals surface area contributed by atoms with Gasteiger partial charge in [-0.05, 0) is 122 Å². The second-order valence-corrected chi connectivity index (χ2v) is 13.7. The van der Waals surface area contributed by atoms with Gasteiger partial charge in [-0.3, -0.25) is 14.9 Å². The average molecular weight is 617 g/mol. The normalized spacial score (nSPS) is 26.0. The van der Waals surface area contributed by atoms with E-state index in [9.17, 15) is 14.4 Å². The van der Waals surface area contributed by atoms with Crippen LogP contribution < -0.4 is 19.7 Å². The van der Waals surface area contributed by atoms with Crippen LogP contribution in [0.4, 0.5) is 10.5 Å². The molecule has 3 aromatic rings. The minimum atomic E-state index is -0.750. The van der Waals surface area contributed by atoms with E-state index in [1.165, 1.54) is 55.7 Å². The molecule has 0 radical (unpaired) electrons. The van der Waals surface area contributed by atoms with Gasteiger partial charge in [-0.15, -0.1) is 6.58 Å². The number of hydrogen-bond donors (Lipinski definition) is 1. The lowest BCUT2D eigenvalue weighted by Crippen LogP contribution is -2.54. The molecule has 8 rings (SSSR count). The van der Waals surface area contributed by atoms with Crippen molar-refractivity contribution in [1.82, 2.24) is 5.32 Å². The van der Waals surface area contributed by atoms with Crippen LogP contribution in [0.2, 0.25) is 0 Å². The summed E-state index contributed by atoms with van der Waals surface area (Å²) in [7, 11) is 1.55. The Morgan fingerprint density at radius 2 is 1.59 bits per heavy atom. The van der Waals surface area contributed by atoms with Crippen molar-refractivity contribution in [1.29, 1.82) is 0 Å². The van der Waals surface area contributed by atoms with Crippen molar-refractivity contribution < 1.29 is 23.9 Å². The van der Waals surface area contributed by atoms with E-state index in [0.29, 0.717) is 35.8 Å². The van der Waals surface area contributed by atoms with Crippen LogP contribution in [0.1, 0.15) is 66.3 Å². The molecule has 7 nitrogen and oxygen atoms in total. The summed E-state index contributed by atoms with van der Waals surface area (Å²) in [6.45, 7) is 6.27. The number of ether oxygens (including phenoxy) is 2. The lowest BCUT2D eigenvalue weighted by Gasteiger charge is -2.57. The van der Waals surface area contributed by atoms with Crippen LogP contribution in [-0.2, 0) is 28.0 Å². The van der Waals surface area contributed by atoms with Crippen molar-refractivity contribution in [3.05, 3.63) is 107 Å². The zero-order valence-corrected chi connectivity index (χ0v) is 26.5. The fraction of sp³-hybridized carbons (Fsp3) is 0.359. The maximum absolute atomic E-state index is 13.8. The molecule has 0 aromatic heterocycles. The van der Waals surface area contributed by atoms with Crippen molar-refractivity contribution in [3.63, 3.8) is 0 Å². The Labute approximate surface area is 270 Å². The van der Waals surface area contributed by atoms with E-state index in [1.807, 2.05) is 49.4 Å². The molecule has 0 atom stereocenters. The fourth-order valence-corrected chi connectivity index (χ4v) is 8.72. The molecule has 1 aliphatic heterocycles. The number of anilines is 1. The lowest BCUT2D eigenvalue weighted by atomic mass is 9.48. The topological polar surface area (TPSA) is 84.9 Å². The van der Waals surface area contributed by atoms with E-state index >= 15 is 0 Å². The average Bonchev–Trinajstić information content (AvgIpc) is 3.03. The number of allylic oxidation sites excluding steroid dienone is 1. The molecule has 4 amide bonds. The largest absolute Gasteiger partial charge is 0.493 e. The van der Waals surface area contributed by atoms with Crippen molar-refractivity contribution >= 4 is 29.6 Å². The van der Waals surface area contributed by atoms with Gasteiger partial charge in [0, 0.05) is 5.56 Å². The molecule has 4 aliphatic carbocycles. The molecule has 46 heavy (non-hydrogen) atoms. The third kappa shape index (κ3) is 5.52. The number of amides is 4. The Kier molecular flexibility index (Phi) is 7.79. The number of carbonyl (C=O) groups is 3. The third-order valence-corrected chi connectivity index (χ3v) is 10.4. The van der Waals surface area contributed by atoms with E-state index < -0.39 is 17.8 Å². The van der Waals surface area contributed by atoms with Gasteiger partial charge in [0.2, 0.25) is 0 Å². The minimum absolute atomic E-state index is 0.135. The van der Waals surface area contributed by atoms with Gasteiger partial charge in [0.15, 0.2) is 11.5 Å². The maximum atomic E-state index is 13.8. The van der Waals surface area contributed by atoms with E-state index in [-0.39, 0.29) is 11.0 Å². The number of imide groups is 2. The zero-order valence-electron chi connectivity index (χ0n) is 26.5. The van der Waals surface area contributed by atoms with Crippen LogP contribution in [0, 0.1) is 24.7 Å². The van der Waals surface area contributed by atoms with Crippen LogP contribution in [0.5, 0.6) is 11.5 Å². The molecule has 5 fully saturated rings. The van der Waals surface area contributed by atoms with Crippen LogP contribution in [0.25, 0.3) is 6.08 Å². The Bertz CT molecular complexity index is 1700. The second-order valence-electron chi connectivity index (χ2n) is 13.7. The molecule has 3 aromatic carbocycles. The number of benzene rings is 3. The predicted octanol–water partition coefficient (Wildman–Crippen LogP) is 7.45.